The van der Waals surface area contributed by atoms with Gasteiger partial charge in [0.2, 0.25) is 0 Å². The number of hydrogen-bond donors (Lipinski definition) is 0. The summed E-state index contributed by atoms with van der Waals surface area (Å²) in [4.78, 5) is 10.2. The normalized spacial score (nSPS) is 11.5. The number of aromatic nitrogens is 2. The largest absolute Gasteiger partial charge is 0.254 e. The molecule has 0 amide bonds. The van der Waals surface area contributed by atoms with Crippen LogP contribution in [-0.4, -0.2) is 9.97 Å². The summed E-state index contributed by atoms with van der Waals surface area (Å²) < 4.78 is 0. The van der Waals surface area contributed by atoms with Crippen molar-refractivity contribution in [2.75, 3.05) is 0 Å². The van der Waals surface area contributed by atoms with Crippen LogP contribution in [-0.2, 0) is 0 Å². The quantitative estimate of drug-likeness (QED) is 0.228. The molecule has 0 spiro atoms. The van der Waals surface area contributed by atoms with Crippen LogP contribution in [0.15, 0.2) is 85.1 Å². The highest BCUT2D eigenvalue weighted by Crippen LogP contribution is 2.40. The lowest BCUT2D eigenvalue weighted by atomic mass is 9.90. The summed E-state index contributed by atoms with van der Waals surface area (Å²) in [6, 6.07) is 34.5. The van der Waals surface area contributed by atoms with Crippen LogP contribution in [0.5, 0.6) is 0 Å². The number of benzene rings is 4. The maximum Gasteiger partial charge on any atom is 0.0975 e. The predicted molar refractivity (Wildman–Crippen MR) is 160 cm³/mol. The molecular weight excluding hydrogens is 460 g/mol. The summed E-state index contributed by atoms with van der Waals surface area (Å²) in [6.45, 7) is 8.68. The Morgan fingerprint density at radius 3 is 2.00 bits per heavy atom. The Kier molecular flexibility index (Phi) is 4.96. The zero-order valence-corrected chi connectivity index (χ0v) is 22.0. The molecular formula is C36H26N2. The van der Waals surface area contributed by atoms with E-state index in [1.165, 1.54) is 54.9 Å². The highest BCUT2D eigenvalue weighted by molar-refractivity contribution is 6.11. The fourth-order valence-electron chi connectivity index (χ4n) is 5.79. The van der Waals surface area contributed by atoms with Crippen molar-refractivity contribution in [1.29, 1.82) is 0 Å². The lowest BCUT2D eigenvalue weighted by Gasteiger charge is -2.17. The molecule has 0 aliphatic carbocycles. The van der Waals surface area contributed by atoms with Crippen LogP contribution >= 0.6 is 0 Å². The molecule has 2 heterocycles. The fraction of sp³-hybridized carbons (Fsp3) is 0.111. The number of pyridine rings is 2. The molecule has 2 aromatic heterocycles. The molecule has 2 heteroatoms. The average Bonchev–Trinajstić information content (AvgIpc) is 2.96. The summed E-state index contributed by atoms with van der Waals surface area (Å²) in [5.41, 5.74) is 11.4. The van der Waals surface area contributed by atoms with Crippen LogP contribution in [0, 0.1) is 39.8 Å². The maximum atomic E-state index is 5.33. The summed E-state index contributed by atoms with van der Waals surface area (Å²) >= 11 is 0. The van der Waals surface area contributed by atoms with Crippen molar-refractivity contribution < 1.29 is 0 Å². The molecule has 0 saturated heterocycles. The van der Waals surface area contributed by atoms with Crippen molar-refractivity contribution in [2.45, 2.75) is 27.7 Å². The van der Waals surface area contributed by atoms with E-state index in [9.17, 15) is 0 Å². The maximum absolute atomic E-state index is 5.33. The van der Waals surface area contributed by atoms with E-state index in [2.05, 4.69) is 119 Å². The van der Waals surface area contributed by atoms with Gasteiger partial charge in [-0.15, -0.1) is 0 Å². The third-order valence-electron chi connectivity index (χ3n) is 8.19. The van der Waals surface area contributed by atoms with Crippen molar-refractivity contribution in [2.24, 2.45) is 0 Å². The van der Waals surface area contributed by atoms with Crippen molar-refractivity contribution in [3.8, 4) is 22.4 Å². The van der Waals surface area contributed by atoms with E-state index in [0.717, 1.165) is 33.1 Å². The van der Waals surface area contributed by atoms with Crippen molar-refractivity contribution >= 4 is 43.4 Å². The highest BCUT2D eigenvalue weighted by Gasteiger charge is 2.18. The van der Waals surface area contributed by atoms with Gasteiger partial charge in [-0.3, -0.25) is 4.98 Å². The molecule has 2 nitrogen and oxygen atoms in total. The molecule has 7 aromatic rings. The van der Waals surface area contributed by atoms with Gasteiger partial charge in [0.1, 0.15) is 0 Å². The number of nitrogens with zero attached hydrogens (tertiary/aromatic N) is 2. The standard InChI is InChI=1S/C36H26N2/c1-21-20-37-35-26(22(21)2)16-17-27-23(3)24(4)34(38-36(27)35)33-19-18-32(30-13-7-8-14-31(30)33)29-15-9-11-25-10-5-6-12-28(25)29/h5-8,10,12-20H,1-4H3. The second kappa shape index (κ2) is 8.40. The Labute approximate surface area is 222 Å². The summed E-state index contributed by atoms with van der Waals surface area (Å²) in [5.74, 6) is 0. The van der Waals surface area contributed by atoms with Gasteiger partial charge in [-0.25, -0.2) is 4.98 Å². The first-order chi connectivity index (χ1) is 18.5. The lowest BCUT2D eigenvalue weighted by Crippen LogP contribution is -1.98. The van der Waals surface area contributed by atoms with Crippen LogP contribution in [0.2, 0.25) is 0 Å². The smallest absolute Gasteiger partial charge is 0.0975 e. The van der Waals surface area contributed by atoms with E-state index in [1.54, 1.807) is 0 Å². The Balaban J connectivity index is 1.54. The first kappa shape index (κ1) is 22.5. The van der Waals surface area contributed by atoms with Gasteiger partial charge in [-0.2, -0.15) is 0 Å². The molecule has 0 unspecified atom stereocenters. The summed E-state index contributed by atoms with van der Waals surface area (Å²) in [7, 11) is 0. The molecule has 0 fully saturated rings. The van der Waals surface area contributed by atoms with E-state index in [1.807, 2.05) is 6.20 Å². The van der Waals surface area contributed by atoms with Gasteiger partial charge in [-0.1, -0.05) is 78.9 Å². The SMILES string of the molecule is Cc1cnc2c(ccc3c(C)c(C)c(-c4ccc(-c5cc#cc6ccccc56)c5ccccc45)nc32)c1C. The van der Waals surface area contributed by atoms with Gasteiger partial charge in [0.25, 0.3) is 0 Å². The zero-order valence-electron chi connectivity index (χ0n) is 22.0. The molecule has 0 bridgehead atoms. The van der Waals surface area contributed by atoms with Gasteiger partial charge < -0.3 is 0 Å². The van der Waals surface area contributed by atoms with Gasteiger partial charge in [0.15, 0.2) is 0 Å². The lowest BCUT2D eigenvalue weighted by molar-refractivity contribution is 1.26. The number of fused-ring (bicyclic) bond motifs is 5. The molecule has 0 aliphatic rings. The molecule has 38 heavy (non-hydrogen) atoms. The number of aryl methyl sites for hydroxylation is 3. The molecule has 0 N–H and O–H groups in total. The Hall–Kier alpha value is -4.74. The van der Waals surface area contributed by atoms with Crippen molar-refractivity contribution in [1.82, 2.24) is 9.97 Å². The van der Waals surface area contributed by atoms with Gasteiger partial charge in [0.05, 0.1) is 16.7 Å². The van der Waals surface area contributed by atoms with E-state index in [0.29, 0.717) is 0 Å². The molecule has 0 aliphatic heterocycles. The third kappa shape index (κ3) is 3.22. The van der Waals surface area contributed by atoms with Crippen molar-refractivity contribution in [3.05, 3.63) is 119 Å². The molecule has 0 radical (unpaired) electrons. The van der Waals surface area contributed by atoms with Gasteiger partial charge >= 0.3 is 0 Å². The number of rotatable bonds is 2. The third-order valence-corrected chi connectivity index (χ3v) is 8.19. The molecule has 0 atom stereocenters. The molecule has 0 saturated carbocycles. The van der Waals surface area contributed by atoms with Crippen LogP contribution < -0.4 is 0 Å². The number of hydrogen-bond acceptors (Lipinski definition) is 2. The van der Waals surface area contributed by atoms with E-state index in [-0.39, 0.29) is 0 Å². The van der Waals surface area contributed by atoms with Crippen molar-refractivity contribution in [3.63, 3.8) is 0 Å². The predicted octanol–water partition coefficient (Wildman–Crippen LogP) is 9.26. The van der Waals surface area contributed by atoms with Gasteiger partial charge in [0, 0.05) is 27.9 Å². The minimum Gasteiger partial charge on any atom is -0.254 e. The van der Waals surface area contributed by atoms with E-state index < -0.39 is 0 Å². The minimum absolute atomic E-state index is 0.969. The second-order valence-corrected chi connectivity index (χ2v) is 10.2. The van der Waals surface area contributed by atoms with E-state index in [4.69, 9.17) is 9.97 Å². The van der Waals surface area contributed by atoms with E-state index >= 15 is 0 Å². The molecule has 7 rings (SSSR count). The zero-order chi connectivity index (χ0) is 26.0. The van der Waals surface area contributed by atoms with Gasteiger partial charge in [-0.05, 0) is 89.4 Å². The minimum atomic E-state index is 0.969. The average molecular weight is 487 g/mol. The van der Waals surface area contributed by atoms with Crippen LogP contribution in [0.25, 0.3) is 65.7 Å². The Morgan fingerprint density at radius 2 is 1.21 bits per heavy atom. The van der Waals surface area contributed by atoms with Crippen LogP contribution in [0.3, 0.4) is 0 Å². The first-order valence-electron chi connectivity index (χ1n) is 13.0. The first-order valence-corrected chi connectivity index (χ1v) is 13.0. The topological polar surface area (TPSA) is 25.8 Å². The van der Waals surface area contributed by atoms with Crippen LogP contribution in [0.4, 0.5) is 0 Å². The van der Waals surface area contributed by atoms with Crippen LogP contribution in [0.1, 0.15) is 22.3 Å². The Morgan fingerprint density at radius 1 is 0.553 bits per heavy atom. The summed E-state index contributed by atoms with van der Waals surface area (Å²) in [6.07, 6.45) is 1.97. The highest BCUT2D eigenvalue weighted by atomic mass is 14.8. The summed E-state index contributed by atoms with van der Waals surface area (Å²) in [5, 5.41) is 6.99. The monoisotopic (exact) mass is 486 g/mol. The fourth-order valence-corrected chi connectivity index (χ4v) is 5.79. The second-order valence-electron chi connectivity index (χ2n) is 10.2. The Bertz CT molecular complexity index is 2060. The molecule has 180 valence electrons. The molecule has 5 aromatic carbocycles.